The Balaban J connectivity index is 2.44. The van der Waals surface area contributed by atoms with E-state index in [9.17, 15) is 34.1 Å². The predicted molar refractivity (Wildman–Crippen MR) is 113 cm³/mol. The van der Waals surface area contributed by atoms with Gasteiger partial charge >= 0.3 is 23.9 Å². The number of esters is 4. The van der Waals surface area contributed by atoms with E-state index in [0.29, 0.717) is 0 Å². The molecule has 0 bridgehead atoms. The first-order chi connectivity index (χ1) is 16.4. The summed E-state index contributed by atoms with van der Waals surface area (Å²) in [5.74, 6) is -3.91. The fourth-order valence-electron chi connectivity index (χ4n) is 3.29. The number of rotatable bonds is 8. The SMILES string of the molecule is CC(=O)OC[C@H]1O[C@@H](OC(C)=O)[C@@H](NC(=O)c2ccc([N+](=O)[O-])cc2)[C@@H](OC(C)=O)[C@@H]1OC(C)=O. The average Bonchev–Trinajstić information content (AvgIpc) is 2.75. The fraction of sp³-hybridized carbons (Fsp3) is 0.476. The van der Waals surface area contributed by atoms with Crippen molar-refractivity contribution in [2.45, 2.75) is 58.3 Å². The topological polar surface area (TPSA) is 187 Å². The summed E-state index contributed by atoms with van der Waals surface area (Å²) in [5.41, 5.74) is -0.258. The van der Waals surface area contributed by atoms with Crippen LogP contribution in [0.15, 0.2) is 24.3 Å². The Morgan fingerprint density at radius 2 is 1.43 bits per heavy atom. The van der Waals surface area contributed by atoms with Crippen LogP contribution >= 0.6 is 0 Å². The molecule has 1 saturated heterocycles. The van der Waals surface area contributed by atoms with Crippen LogP contribution in [0.25, 0.3) is 0 Å². The number of amides is 1. The van der Waals surface area contributed by atoms with Crippen molar-refractivity contribution in [2.24, 2.45) is 0 Å². The molecule has 14 nitrogen and oxygen atoms in total. The van der Waals surface area contributed by atoms with Gasteiger partial charge < -0.3 is 29.0 Å². The largest absolute Gasteiger partial charge is 0.463 e. The lowest BCUT2D eigenvalue weighted by Gasteiger charge is -2.44. The van der Waals surface area contributed by atoms with Gasteiger partial charge in [-0.2, -0.15) is 0 Å². The molecule has 35 heavy (non-hydrogen) atoms. The third-order valence-electron chi connectivity index (χ3n) is 4.62. The van der Waals surface area contributed by atoms with E-state index < -0.39 is 72.0 Å². The molecule has 1 aromatic rings. The van der Waals surface area contributed by atoms with E-state index in [4.69, 9.17) is 23.7 Å². The number of benzene rings is 1. The smallest absolute Gasteiger partial charge is 0.305 e. The number of nitrogens with one attached hydrogen (secondary N) is 1. The molecule has 1 heterocycles. The standard InChI is InChI=1S/C21H24N2O12/c1-10(24)31-9-16-18(32-11(2)25)19(33-12(3)26)17(21(35-16)34-13(4)27)22-20(28)14-5-7-15(8-6-14)23(29)30/h5-8,16-19,21H,9H2,1-4H3,(H,22,28)/t16-,17+,18-,19-,21-/m1/s1. The second-order valence-corrected chi connectivity index (χ2v) is 7.41. The minimum Gasteiger partial charge on any atom is -0.463 e. The highest BCUT2D eigenvalue weighted by molar-refractivity contribution is 5.94. The molecule has 1 fully saturated rings. The van der Waals surface area contributed by atoms with Gasteiger partial charge in [0.2, 0.25) is 6.29 Å². The van der Waals surface area contributed by atoms with Gasteiger partial charge in [-0.3, -0.25) is 34.1 Å². The van der Waals surface area contributed by atoms with Crippen LogP contribution in [0.3, 0.4) is 0 Å². The Morgan fingerprint density at radius 3 is 1.91 bits per heavy atom. The molecule has 0 saturated carbocycles. The minimum absolute atomic E-state index is 0.00942. The van der Waals surface area contributed by atoms with Crippen molar-refractivity contribution < 1.29 is 52.6 Å². The third-order valence-corrected chi connectivity index (χ3v) is 4.62. The van der Waals surface area contributed by atoms with E-state index >= 15 is 0 Å². The Hall–Kier alpha value is -4.07. The lowest BCUT2D eigenvalue weighted by atomic mass is 9.95. The van der Waals surface area contributed by atoms with E-state index in [-0.39, 0.29) is 11.3 Å². The normalized spacial score (nSPS) is 23.4. The second-order valence-electron chi connectivity index (χ2n) is 7.41. The van der Waals surface area contributed by atoms with Gasteiger partial charge in [0.05, 0.1) is 4.92 Å². The Morgan fingerprint density at radius 1 is 0.886 bits per heavy atom. The molecule has 0 aromatic heterocycles. The highest BCUT2D eigenvalue weighted by Crippen LogP contribution is 2.28. The lowest BCUT2D eigenvalue weighted by molar-refractivity contribution is -0.384. The van der Waals surface area contributed by atoms with Crippen LogP contribution in [-0.2, 0) is 42.9 Å². The number of hydrogen-bond acceptors (Lipinski definition) is 12. The maximum atomic E-state index is 12.9. The molecule has 0 spiro atoms. The number of carbonyl (C=O) groups excluding carboxylic acids is 5. The lowest BCUT2D eigenvalue weighted by Crippen LogP contribution is -2.67. The average molecular weight is 496 g/mol. The quantitative estimate of drug-likeness (QED) is 0.226. The number of hydrogen-bond donors (Lipinski definition) is 1. The molecule has 0 aliphatic carbocycles. The molecule has 0 unspecified atom stereocenters. The zero-order valence-corrected chi connectivity index (χ0v) is 19.2. The summed E-state index contributed by atoms with van der Waals surface area (Å²) in [5, 5.41) is 13.4. The number of nitro groups is 1. The first-order valence-corrected chi connectivity index (χ1v) is 10.2. The van der Waals surface area contributed by atoms with Gasteiger partial charge in [-0.1, -0.05) is 0 Å². The molecule has 5 atom stereocenters. The first-order valence-electron chi connectivity index (χ1n) is 10.2. The summed E-state index contributed by atoms with van der Waals surface area (Å²) in [6, 6.07) is 3.20. The molecule has 190 valence electrons. The van der Waals surface area contributed by atoms with E-state index in [0.717, 1.165) is 39.8 Å². The fourth-order valence-corrected chi connectivity index (χ4v) is 3.29. The number of nitro benzene ring substituents is 1. The summed E-state index contributed by atoms with van der Waals surface area (Å²) in [6.45, 7) is 3.89. The van der Waals surface area contributed by atoms with Gasteiger partial charge in [-0.15, -0.1) is 0 Å². The molecule has 1 aliphatic heterocycles. The van der Waals surface area contributed by atoms with Crippen molar-refractivity contribution in [1.82, 2.24) is 5.32 Å². The molecule has 2 rings (SSSR count). The number of nitrogens with zero attached hydrogens (tertiary/aromatic N) is 1. The minimum atomic E-state index is -1.55. The van der Waals surface area contributed by atoms with Crippen LogP contribution in [0, 0.1) is 10.1 Å². The van der Waals surface area contributed by atoms with Crippen molar-refractivity contribution in [1.29, 1.82) is 0 Å². The summed E-state index contributed by atoms with van der Waals surface area (Å²) in [4.78, 5) is 69.8. The van der Waals surface area contributed by atoms with Crippen LogP contribution in [0.2, 0.25) is 0 Å². The van der Waals surface area contributed by atoms with Crippen LogP contribution in [0.5, 0.6) is 0 Å². The van der Waals surface area contributed by atoms with Gasteiger partial charge in [0, 0.05) is 45.4 Å². The van der Waals surface area contributed by atoms with Gasteiger partial charge in [-0.05, 0) is 12.1 Å². The summed E-state index contributed by atoms with van der Waals surface area (Å²) in [6.07, 6.45) is -5.59. The van der Waals surface area contributed by atoms with Gasteiger partial charge in [0.15, 0.2) is 12.2 Å². The zero-order valence-electron chi connectivity index (χ0n) is 19.2. The molecule has 1 aliphatic rings. The Bertz CT molecular complexity index is 993. The third kappa shape index (κ3) is 7.74. The van der Waals surface area contributed by atoms with Crippen LogP contribution in [0.1, 0.15) is 38.1 Å². The maximum absolute atomic E-state index is 12.9. The Kier molecular flexibility index (Phi) is 9.22. The van der Waals surface area contributed by atoms with Crippen molar-refractivity contribution in [2.75, 3.05) is 6.61 Å². The monoisotopic (exact) mass is 496 g/mol. The first kappa shape index (κ1) is 27.2. The molecule has 1 aromatic carbocycles. The van der Waals surface area contributed by atoms with Crippen molar-refractivity contribution >= 4 is 35.5 Å². The molecular formula is C21H24N2O12. The van der Waals surface area contributed by atoms with Crippen LogP contribution < -0.4 is 5.32 Å². The van der Waals surface area contributed by atoms with E-state index in [1.165, 1.54) is 12.1 Å². The highest BCUT2D eigenvalue weighted by atomic mass is 16.7. The number of non-ortho nitro benzene ring substituents is 1. The van der Waals surface area contributed by atoms with E-state index in [2.05, 4.69) is 5.32 Å². The molecule has 1 N–H and O–H groups in total. The van der Waals surface area contributed by atoms with E-state index in [1.54, 1.807) is 0 Å². The number of ether oxygens (including phenoxy) is 5. The van der Waals surface area contributed by atoms with Gasteiger partial charge in [0.25, 0.3) is 11.6 Å². The highest BCUT2D eigenvalue weighted by Gasteiger charge is 2.52. The Labute approximate surface area is 198 Å². The number of carbonyl (C=O) groups is 5. The second kappa shape index (κ2) is 11.9. The van der Waals surface area contributed by atoms with Gasteiger partial charge in [0.1, 0.15) is 18.8 Å². The van der Waals surface area contributed by atoms with Crippen molar-refractivity contribution in [3.8, 4) is 0 Å². The van der Waals surface area contributed by atoms with Gasteiger partial charge in [-0.25, -0.2) is 0 Å². The van der Waals surface area contributed by atoms with Crippen molar-refractivity contribution in [3.05, 3.63) is 39.9 Å². The summed E-state index contributed by atoms with van der Waals surface area (Å²) < 4.78 is 26.4. The van der Waals surface area contributed by atoms with Crippen molar-refractivity contribution in [3.63, 3.8) is 0 Å². The van der Waals surface area contributed by atoms with Crippen LogP contribution in [0.4, 0.5) is 5.69 Å². The van der Waals surface area contributed by atoms with Crippen LogP contribution in [-0.4, -0.2) is 72.0 Å². The summed E-state index contributed by atoms with van der Waals surface area (Å²) >= 11 is 0. The zero-order chi connectivity index (χ0) is 26.3. The predicted octanol–water partition coefficient (Wildman–Crippen LogP) is 0.408. The maximum Gasteiger partial charge on any atom is 0.305 e. The summed E-state index contributed by atoms with van der Waals surface area (Å²) in [7, 11) is 0. The molecular weight excluding hydrogens is 472 g/mol. The molecule has 14 heteroatoms. The molecule has 0 radical (unpaired) electrons. The van der Waals surface area contributed by atoms with E-state index in [1.807, 2.05) is 0 Å². The molecule has 1 amide bonds.